The molecule has 1 rings (SSSR count). The normalized spacial score (nSPS) is 25.0. The molecule has 1 heterocycles. The maximum Gasteiger partial charge on any atom is 0.0206 e. The third kappa shape index (κ3) is 3.04. The average molecular weight is 151 g/mol. The summed E-state index contributed by atoms with van der Waals surface area (Å²) in [6, 6.07) is 0.782. The molecule has 0 aromatic carbocycles. The molecule has 2 nitrogen and oxygen atoms in total. The average Bonchev–Trinajstić information content (AvgIpc) is 1.55. The fraction of sp³-hybridized carbons (Fsp3) is 1.00. The number of nitrogens with one attached hydrogen (secondary N) is 1. The van der Waals surface area contributed by atoms with Crippen molar-refractivity contribution in [3.05, 3.63) is 0 Å². The molecule has 0 saturated carbocycles. The minimum absolute atomic E-state index is 0. The standard InChI is InChI=1S/C6H14N2.ClH/c1-8(2)5-6-3-4-7-6;/h6-7H,3-5H2,1-2H3;1H/t6-;/m0./s1. The number of rotatable bonds is 2. The third-order valence-electron chi connectivity index (χ3n) is 1.51. The van der Waals surface area contributed by atoms with Gasteiger partial charge >= 0.3 is 0 Å². The summed E-state index contributed by atoms with van der Waals surface area (Å²) in [6.07, 6.45) is 1.36. The summed E-state index contributed by atoms with van der Waals surface area (Å²) < 4.78 is 0. The number of likely N-dealkylation sites (N-methyl/N-ethyl adjacent to an activating group) is 1. The van der Waals surface area contributed by atoms with Crippen molar-refractivity contribution in [3.8, 4) is 0 Å². The van der Waals surface area contributed by atoms with E-state index in [4.69, 9.17) is 0 Å². The zero-order valence-corrected chi connectivity index (χ0v) is 6.87. The number of nitrogens with zero attached hydrogens (tertiary/aromatic N) is 1. The highest BCUT2D eigenvalue weighted by Crippen LogP contribution is 2.01. The topological polar surface area (TPSA) is 15.3 Å². The quantitative estimate of drug-likeness (QED) is 0.611. The van der Waals surface area contributed by atoms with E-state index >= 15 is 0 Å². The molecular weight excluding hydrogens is 136 g/mol. The van der Waals surface area contributed by atoms with Crippen molar-refractivity contribution < 1.29 is 0 Å². The predicted octanol–water partition coefficient (Wildman–Crippen LogP) is 0.332. The fourth-order valence-corrected chi connectivity index (χ4v) is 0.945. The fourth-order valence-electron chi connectivity index (χ4n) is 0.945. The molecule has 0 aromatic heterocycles. The molecule has 0 aliphatic carbocycles. The van der Waals surface area contributed by atoms with Crippen LogP contribution in [-0.4, -0.2) is 38.1 Å². The molecule has 1 atom stereocenters. The van der Waals surface area contributed by atoms with Gasteiger partial charge in [0, 0.05) is 12.6 Å². The first-order valence-electron chi connectivity index (χ1n) is 3.17. The first-order chi connectivity index (χ1) is 3.79. The van der Waals surface area contributed by atoms with Crippen molar-refractivity contribution in [2.75, 3.05) is 27.2 Å². The van der Waals surface area contributed by atoms with E-state index < -0.39 is 0 Å². The minimum Gasteiger partial charge on any atom is -0.313 e. The van der Waals surface area contributed by atoms with E-state index in [1.54, 1.807) is 0 Å². The van der Waals surface area contributed by atoms with Crippen LogP contribution in [0.5, 0.6) is 0 Å². The van der Waals surface area contributed by atoms with E-state index in [-0.39, 0.29) is 12.4 Å². The Morgan fingerprint density at radius 2 is 2.11 bits per heavy atom. The van der Waals surface area contributed by atoms with Crippen molar-refractivity contribution in [1.82, 2.24) is 10.2 Å². The van der Waals surface area contributed by atoms with Gasteiger partial charge in [-0.25, -0.2) is 0 Å². The summed E-state index contributed by atoms with van der Waals surface area (Å²) in [5, 5.41) is 3.34. The van der Waals surface area contributed by atoms with E-state index in [2.05, 4.69) is 24.3 Å². The monoisotopic (exact) mass is 150 g/mol. The molecule has 0 radical (unpaired) electrons. The first-order valence-corrected chi connectivity index (χ1v) is 3.17. The lowest BCUT2D eigenvalue weighted by Gasteiger charge is -2.29. The number of hydrogen-bond donors (Lipinski definition) is 1. The van der Waals surface area contributed by atoms with Gasteiger partial charge in [-0.15, -0.1) is 12.4 Å². The Morgan fingerprint density at radius 1 is 1.56 bits per heavy atom. The van der Waals surface area contributed by atoms with Crippen molar-refractivity contribution in [3.63, 3.8) is 0 Å². The van der Waals surface area contributed by atoms with Gasteiger partial charge < -0.3 is 10.2 Å². The molecule has 1 N–H and O–H groups in total. The smallest absolute Gasteiger partial charge is 0.0206 e. The summed E-state index contributed by atoms with van der Waals surface area (Å²) in [4.78, 5) is 2.22. The molecule has 9 heavy (non-hydrogen) atoms. The molecular formula is C6H15ClN2. The van der Waals surface area contributed by atoms with Crippen LogP contribution in [0.15, 0.2) is 0 Å². The van der Waals surface area contributed by atoms with Crippen LogP contribution in [0.3, 0.4) is 0 Å². The van der Waals surface area contributed by atoms with Gasteiger partial charge in [0.2, 0.25) is 0 Å². The van der Waals surface area contributed by atoms with Gasteiger partial charge in [-0.2, -0.15) is 0 Å². The Morgan fingerprint density at radius 3 is 2.22 bits per heavy atom. The SMILES string of the molecule is CN(C)C[C@@H]1CCN1.Cl. The highest BCUT2D eigenvalue weighted by atomic mass is 35.5. The lowest BCUT2D eigenvalue weighted by molar-refractivity contribution is 0.273. The second-order valence-corrected chi connectivity index (χ2v) is 2.70. The van der Waals surface area contributed by atoms with Crippen LogP contribution in [-0.2, 0) is 0 Å². The van der Waals surface area contributed by atoms with Gasteiger partial charge in [0.05, 0.1) is 0 Å². The molecule has 56 valence electrons. The third-order valence-corrected chi connectivity index (χ3v) is 1.51. The highest BCUT2D eigenvalue weighted by molar-refractivity contribution is 5.85. The summed E-state index contributed by atoms with van der Waals surface area (Å²) in [5.41, 5.74) is 0. The molecule has 1 fully saturated rings. The van der Waals surface area contributed by atoms with E-state index in [1.807, 2.05) is 0 Å². The Kier molecular flexibility index (Phi) is 4.19. The molecule has 0 bridgehead atoms. The van der Waals surface area contributed by atoms with Gasteiger partial charge in [0.1, 0.15) is 0 Å². The molecule has 3 heteroatoms. The van der Waals surface area contributed by atoms with E-state index in [9.17, 15) is 0 Å². The largest absolute Gasteiger partial charge is 0.313 e. The summed E-state index contributed by atoms with van der Waals surface area (Å²) in [5.74, 6) is 0. The number of halogens is 1. The maximum atomic E-state index is 3.34. The van der Waals surface area contributed by atoms with Gasteiger partial charge in [0.25, 0.3) is 0 Å². The van der Waals surface area contributed by atoms with Crippen LogP contribution in [0, 0.1) is 0 Å². The molecule has 0 aromatic rings. The van der Waals surface area contributed by atoms with Crippen LogP contribution < -0.4 is 5.32 Å². The highest BCUT2D eigenvalue weighted by Gasteiger charge is 2.15. The molecule has 1 aliphatic heterocycles. The van der Waals surface area contributed by atoms with Gasteiger partial charge in [-0.05, 0) is 27.1 Å². The van der Waals surface area contributed by atoms with Crippen molar-refractivity contribution in [1.29, 1.82) is 0 Å². The Balaban J connectivity index is 0.000000640. The molecule has 0 spiro atoms. The Labute approximate surface area is 63.0 Å². The second-order valence-electron chi connectivity index (χ2n) is 2.70. The maximum absolute atomic E-state index is 3.34. The second kappa shape index (κ2) is 4.09. The van der Waals surface area contributed by atoms with Crippen LogP contribution in [0.4, 0.5) is 0 Å². The lowest BCUT2D eigenvalue weighted by atomic mass is 10.1. The summed E-state index contributed by atoms with van der Waals surface area (Å²) in [7, 11) is 4.22. The van der Waals surface area contributed by atoms with E-state index in [0.29, 0.717) is 0 Å². The van der Waals surface area contributed by atoms with Crippen LogP contribution in [0.2, 0.25) is 0 Å². The van der Waals surface area contributed by atoms with Crippen molar-refractivity contribution in [2.24, 2.45) is 0 Å². The lowest BCUT2D eigenvalue weighted by Crippen LogP contribution is -2.48. The molecule has 0 unspecified atom stereocenters. The van der Waals surface area contributed by atoms with Crippen LogP contribution in [0.25, 0.3) is 0 Å². The van der Waals surface area contributed by atoms with Gasteiger partial charge in [-0.3, -0.25) is 0 Å². The molecule has 1 aliphatic rings. The summed E-state index contributed by atoms with van der Waals surface area (Å²) in [6.45, 7) is 2.42. The zero-order valence-electron chi connectivity index (χ0n) is 6.05. The molecule has 1 saturated heterocycles. The minimum atomic E-state index is 0. The van der Waals surface area contributed by atoms with E-state index in [1.165, 1.54) is 19.5 Å². The van der Waals surface area contributed by atoms with E-state index in [0.717, 1.165) is 6.04 Å². The molecule has 0 amide bonds. The van der Waals surface area contributed by atoms with Gasteiger partial charge in [-0.1, -0.05) is 0 Å². The van der Waals surface area contributed by atoms with Crippen molar-refractivity contribution >= 4 is 12.4 Å². The van der Waals surface area contributed by atoms with Crippen LogP contribution in [0.1, 0.15) is 6.42 Å². The first kappa shape index (κ1) is 9.21. The Hall–Kier alpha value is 0.210. The Bertz CT molecular complexity index is 71.5. The van der Waals surface area contributed by atoms with Gasteiger partial charge in [0.15, 0.2) is 0 Å². The zero-order chi connectivity index (χ0) is 5.98. The number of hydrogen-bond acceptors (Lipinski definition) is 2. The van der Waals surface area contributed by atoms with Crippen molar-refractivity contribution in [2.45, 2.75) is 12.5 Å². The summed E-state index contributed by atoms with van der Waals surface area (Å²) >= 11 is 0. The predicted molar refractivity (Wildman–Crippen MR) is 42.2 cm³/mol. The van der Waals surface area contributed by atoms with Crippen LogP contribution >= 0.6 is 12.4 Å².